The molecule has 0 spiro atoms. The average Bonchev–Trinajstić information content (AvgIpc) is 3.05. The highest BCUT2D eigenvalue weighted by Gasteiger charge is 2.21. The molecular formula is C18H28IN5OS. The lowest BCUT2D eigenvalue weighted by atomic mass is 9.97. The Morgan fingerprint density at radius 1 is 1.27 bits per heavy atom. The molecule has 1 aromatic heterocycles. The van der Waals surface area contributed by atoms with Gasteiger partial charge in [-0.15, -0.1) is 35.7 Å². The molecule has 144 valence electrons. The van der Waals surface area contributed by atoms with Crippen LogP contribution in [0, 0.1) is 0 Å². The molecular weight excluding hydrogens is 461 g/mol. The van der Waals surface area contributed by atoms with Crippen LogP contribution in [-0.4, -0.2) is 41.4 Å². The molecule has 2 aromatic rings. The molecule has 1 aromatic carbocycles. The van der Waals surface area contributed by atoms with Crippen molar-refractivity contribution in [1.29, 1.82) is 0 Å². The second-order valence-corrected chi connectivity index (χ2v) is 7.75. The van der Waals surface area contributed by atoms with Gasteiger partial charge in [0.1, 0.15) is 0 Å². The number of thioether (sulfide) groups is 1. The summed E-state index contributed by atoms with van der Waals surface area (Å²) in [5, 5.41) is 7.31. The number of halogens is 1. The summed E-state index contributed by atoms with van der Waals surface area (Å²) in [6, 6.07) is 8.56. The van der Waals surface area contributed by atoms with Crippen LogP contribution in [0.2, 0.25) is 0 Å². The highest BCUT2D eigenvalue weighted by Crippen LogP contribution is 2.19. The molecule has 2 rings (SSSR count). The zero-order valence-electron chi connectivity index (χ0n) is 16.2. The Balaban J connectivity index is 0.00000338. The molecule has 0 radical (unpaired) electrons. The highest BCUT2D eigenvalue weighted by molar-refractivity contribution is 14.0. The fourth-order valence-corrected chi connectivity index (χ4v) is 2.66. The first-order valence-electron chi connectivity index (χ1n) is 8.21. The van der Waals surface area contributed by atoms with Crippen molar-refractivity contribution in [2.45, 2.75) is 44.2 Å². The Kier molecular flexibility index (Phi) is 8.88. The largest absolute Gasteiger partial charge is 0.349 e. The summed E-state index contributed by atoms with van der Waals surface area (Å²) in [5.74, 6) is 2.06. The fraction of sp³-hybridized carbons (Fsp3) is 0.500. The van der Waals surface area contributed by atoms with E-state index in [1.165, 1.54) is 10.5 Å². The molecule has 1 heterocycles. The minimum absolute atomic E-state index is 0. The maximum Gasteiger partial charge on any atom is 0.232 e. The molecule has 0 unspecified atom stereocenters. The molecule has 1 N–H and O–H groups in total. The quantitative estimate of drug-likeness (QED) is 0.297. The third-order valence-corrected chi connectivity index (χ3v) is 4.41. The van der Waals surface area contributed by atoms with E-state index >= 15 is 0 Å². The van der Waals surface area contributed by atoms with Crippen molar-refractivity contribution in [2.75, 3.05) is 20.4 Å². The highest BCUT2D eigenvalue weighted by atomic mass is 127. The van der Waals surface area contributed by atoms with Crippen LogP contribution in [0.1, 0.15) is 38.0 Å². The zero-order valence-corrected chi connectivity index (χ0v) is 19.4. The number of aromatic nitrogens is 2. The molecule has 0 amide bonds. The third-order valence-electron chi connectivity index (χ3n) is 3.67. The summed E-state index contributed by atoms with van der Waals surface area (Å²) >= 11 is 1.74. The lowest BCUT2D eigenvalue weighted by Gasteiger charge is -2.21. The Morgan fingerprint density at radius 2 is 1.92 bits per heavy atom. The van der Waals surface area contributed by atoms with Crippen molar-refractivity contribution < 1.29 is 4.52 Å². The van der Waals surface area contributed by atoms with Crippen molar-refractivity contribution in [2.24, 2.45) is 4.99 Å². The molecule has 0 saturated heterocycles. The lowest BCUT2D eigenvalue weighted by Crippen LogP contribution is -2.38. The van der Waals surface area contributed by atoms with Gasteiger partial charge in [0.15, 0.2) is 11.8 Å². The van der Waals surface area contributed by atoms with Gasteiger partial charge in [-0.1, -0.05) is 38.1 Å². The Morgan fingerprint density at radius 3 is 2.42 bits per heavy atom. The van der Waals surface area contributed by atoms with E-state index in [0.717, 1.165) is 12.5 Å². The molecule has 0 aliphatic rings. The van der Waals surface area contributed by atoms with Gasteiger partial charge in [-0.2, -0.15) is 4.98 Å². The molecule has 6 nitrogen and oxygen atoms in total. The van der Waals surface area contributed by atoms with Crippen LogP contribution < -0.4 is 5.32 Å². The van der Waals surface area contributed by atoms with E-state index in [4.69, 9.17) is 4.52 Å². The molecule has 26 heavy (non-hydrogen) atoms. The molecule has 0 aliphatic heterocycles. The van der Waals surface area contributed by atoms with Crippen molar-refractivity contribution in [3.8, 4) is 0 Å². The topological polar surface area (TPSA) is 66.5 Å². The minimum Gasteiger partial charge on any atom is -0.349 e. The van der Waals surface area contributed by atoms with Crippen molar-refractivity contribution in [3.63, 3.8) is 0 Å². The predicted octanol–water partition coefficient (Wildman–Crippen LogP) is 3.91. The number of nitrogens with zero attached hydrogens (tertiary/aromatic N) is 4. The van der Waals surface area contributed by atoms with Gasteiger partial charge in [-0.25, -0.2) is 0 Å². The molecule has 0 atom stereocenters. The van der Waals surface area contributed by atoms with E-state index in [0.29, 0.717) is 18.3 Å². The van der Waals surface area contributed by atoms with E-state index in [1.807, 2.05) is 27.8 Å². The van der Waals surface area contributed by atoms with Crippen molar-refractivity contribution in [3.05, 3.63) is 41.5 Å². The van der Waals surface area contributed by atoms with Crippen LogP contribution in [0.4, 0.5) is 0 Å². The fourth-order valence-electron chi connectivity index (χ4n) is 2.25. The molecule has 0 aliphatic carbocycles. The standard InChI is InChI=1S/C18H27N5OS.HI/c1-18(2,3)16-21-15(22-24-16)11-20-17(19-4)23(5)12-13-7-9-14(25-6)10-8-13;/h7-10H,11-12H2,1-6H3,(H,19,20);1H. The van der Waals surface area contributed by atoms with Gasteiger partial charge in [-0.05, 0) is 24.0 Å². The summed E-state index contributed by atoms with van der Waals surface area (Å²) in [7, 11) is 3.78. The van der Waals surface area contributed by atoms with Gasteiger partial charge in [0.05, 0.1) is 6.54 Å². The van der Waals surface area contributed by atoms with E-state index in [1.54, 1.807) is 18.8 Å². The maximum atomic E-state index is 5.32. The Hall–Kier alpha value is -1.29. The molecule has 0 saturated carbocycles. The van der Waals surface area contributed by atoms with Crippen LogP contribution >= 0.6 is 35.7 Å². The van der Waals surface area contributed by atoms with Gasteiger partial charge in [0.2, 0.25) is 5.89 Å². The average molecular weight is 489 g/mol. The molecule has 8 heteroatoms. The maximum absolute atomic E-state index is 5.32. The summed E-state index contributed by atoms with van der Waals surface area (Å²) < 4.78 is 5.32. The van der Waals surface area contributed by atoms with Crippen LogP contribution in [0.3, 0.4) is 0 Å². The first-order chi connectivity index (χ1) is 11.8. The van der Waals surface area contributed by atoms with Gasteiger partial charge < -0.3 is 14.7 Å². The monoisotopic (exact) mass is 489 g/mol. The summed E-state index contributed by atoms with van der Waals surface area (Å²) in [5.41, 5.74) is 1.09. The second-order valence-electron chi connectivity index (χ2n) is 6.87. The first-order valence-corrected chi connectivity index (χ1v) is 9.43. The van der Waals surface area contributed by atoms with Gasteiger partial charge >= 0.3 is 0 Å². The Labute approximate surface area is 177 Å². The molecule has 0 bridgehead atoms. The van der Waals surface area contributed by atoms with Crippen LogP contribution in [-0.2, 0) is 18.5 Å². The van der Waals surface area contributed by atoms with Crippen molar-refractivity contribution in [1.82, 2.24) is 20.4 Å². The number of hydrogen-bond donors (Lipinski definition) is 1. The normalized spacial score (nSPS) is 11.8. The summed E-state index contributed by atoms with van der Waals surface area (Å²) in [6.07, 6.45) is 2.08. The smallest absolute Gasteiger partial charge is 0.232 e. The second kappa shape index (κ2) is 10.1. The van der Waals surface area contributed by atoms with Crippen LogP contribution in [0.25, 0.3) is 0 Å². The number of nitrogens with one attached hydrogen (secondary N) is 1. The first kappa shape index (κ1) is 22.8. The predicted molar refractivity (Wildman–Crippen MR) is 118 cm³/mol. The SMILES string of the molecule is CN=C(NCc1noc(C(C)(C)C)n1)N(C)Cc1ccc(SC)cc1.I. The van der Waals surface area contributed by atoms with E-state index in [9.17, 15) is 0 Å². The third kappa shape index (κ3) is 6.46. The summed E-state index contributed by atoms with van der Waals surface area (Å²) in [6.45, 7) is 7.39. The van der Waals surface area contributed by atoms with Crippen LogP contribution in [0.5, 0.6) is 0 Å². The summed E-state index contributed by atoms with van der Waals surface area (Å²) in [4.78, 5) is 12.1. The van der Waals surface area contributed by atoms with Gasteiger partial charge in [0, 0.05) is 31.0 Å². The minimum atomic E-state index is -0.146. The van der Waals surface area contributed by atoms with Crippen molar-refractivity contribution >= 4 is 41.7 Å². The number of rotatable bonds is 5. The molecule has 0 fully saturated rings. The van der Waals surface area contributed by atoms with Crippen LogP contribution in [0.15, 0.2) is 38.7 Å². The van der Waals surface area contributed by atoms with E-state index in [-0.39, 0.29) is 29.4 Å². The Bertz CT molecular complexity index is 709. The number of aliphatic imine (C=N–C) groups is 1. The number of hydrogen-bond acceptors (Lipinski definition) is 5. The lowest BCUT2D eigenvalue weighted by molar-refractivity contribution is 0.318. The van der Waals surface area contributed by atoms with Gasteiger partial charge in [0.25, 0.3) is 0 Å². The van der Waals surface area contributed by atoms with E-state index in [2.05, 4.69) is 55.9 Å². The number of benzene rings is 1. The van der Waals surface area contributed by atoms with E-state index < -0.39 is 0 Å². The zero-order chi connectivity index (χ0) is 18.4. The number of guanidine groups is 1. The van der Waals surface area contributed by atoms with Gasteiger partial charge in [-0.3, -0.25) is 4.99 Å².